The van der Waals surface area contributed by atoms with Crippen LogP contribution in [0.3, 0.4) is 0 Å². The summed E-state index contributed by atoms with van der Waals surface area (Å²) in [6, 6.07) is 8.44. The molecule has 1 N–H and O–H groups in total. The van der Waals surface area contributed by atoms with Gasteiger partial charge >= 0.3 is 0 Å². The molecule has 1 amide bonds. The molecule has 0 radical (unpaired) electrons. The average Bonchev–Trinajstić information content (AvgIpc) is 2.66. The molecule has 0 atom stereocenters. The van der Waals surface area contributed by atoms with E-state index in [1.165, 1.54) is 6.07 Å². The van der Waals surface area contributed by atoms with Crippen molar-refractivity contribution in [1.29, 1.82) is 0 Å². The molecule has 1 fully saturated rings. The SMILES string of the molecule is CCCNc1cc(C(=O)N2CCN(c3ccccc3F)CC2)nc(C)n1. The Kier molecular flexibility index (Phi) is 5.65. The quantitative estimate of drug-likeness (QED) is 0.892. The van der Waals surface area contributed by atoms with Crippen molar-refractivity contribution < 1.29 is 9.18 Å². The normalized spacial score (nSPS) is 14.4. The van der Waals surface area contributed by atoms with Gasteiger partial charge in [-0.3, -0.25) is 4.79 Å². The molecule has 0 spiro atoms. The lowest BCUT2D eigenvalue weighted by molar-refractivity contribution is 0.0740. The summed E-state index contributed by atoms with van der Waals surface area (Å²) < 4.78 is 13.9. The van der Waals surface area contributed by atoms with Crippen LogP contribution in [-0.2, 0) is 0 Å². The second-order valence-corrected chi connectivity index (χ2v) is 6.34. The van der Waals surface area contributed by atoms with Crippen molar-refractivity contribution >= 4 is 17.4 Å². The molecule has 2 heterocycles. The van der Waals surface area contributed by atoms with Gasteiger partial charge in [0.1, 0.15) is 23.2 Å². The molecule has 138 valence electrons. The summed E-state index contributed by atoms with van der Waals surface area (Å²) in [5, 5.41) is 3.20. The standard InChI is InChI=1S/C19H24FN5O/c1-3-8-21-18-13-16(22-14(2)23-18)19(26)25-11-9-24(10-12-25)17-7-5-4-6-15(17)20/h4-7,13H,3,8-12H2,1-2H3,(H,21,22,23). The molecule has 1 saturated heterocycles. The van der Waals surface area contributed by atoms with Gasteiger partial charge in [-0.15, -0.1) is 0 Å². The van der Waals surface area contributed by atoms with E-state index in [-0.39, 0.29) is 11.7 Å². The molecule has 1 aliphatic rings. The maximum atomic E-state index is 13.9. The second-order valence-electron chi connectivity index (χ2n) is 6.34. The summed E-state index contributed by atoms with van der Waals surface area (Å²) in [5.74, 6) is 0.903. The number of rotatable bonds is 5. The molecule has 3 rings (SSSR count). The molecular formula is C19H24FN5O. The van der Waals surface area contributed by atoms with Gasteiger partial charge in [0.05, 0.1) is 5.69 Å². The lowest BCUT2D eigenvalue weighted by atomic mass is 10.2. The number of halogens is 1. The zero-order chi connectivity index (χ0) is 18.5. The number of anilines is 2. The first kappa shape index (κ1) is 18.1. The van der Waals surface area contributed by atoms with Gasteiger partial charge in [-0.25, -0.2) is 14.4 Å². The van der Waals surface area contributed by atoms with E-state index in [1.54, 1.807) is 30.0 Å². The van der Waals surface area contributed by atoms with E-state index in [4.69, 9.17) is 0 Å². The molecule has 0 aliphatic carbocycles. The van der Waals surface area contributed by atoms with Gasteiger partial charge in [0, 0.05) is 38.8 Å². The van der Waals surface area contributed by atoms with Crippen molar-refractivity contribution in [3.8, 4) is 0 Å². The van der Waals surface area contributed by atoms with Crippen LogP contribution in [0.2, 0.25) is 0 Å². The number of nitrogens with zero attached hydrogens (tertiary/aromatic N) is 4. The number of para-hydroxylation sites is 1. The first-order valence-electron chi connectivity index (χ1n) is 8.97. The Labute approximate surface area is 153 Å². The van der Waals surface area contributed by atoms with Crippen molar-refractivity contribution in [3.63, 3.8) is 0 Å². The molecule has 0 unspecified atom stereocenters. The van der Waals surface area contributed by atoms with Crippen LogP contribution in [0.25, 0.3) is 0 Å². The minimum atomic E-state index is -0.231. The largest absolute Gasteiger partial charge is 0.370 e. The van der Waals surface area contributed by atoms with E-state index in [9.17, 15) is 9.18 Å². The molecule has 7 heteroatoms. The molecule has 2 aromatic rings. The third-order valence-corrected chi connectivity index (χ3v) is 4.37. The van der Waals surface area contributed by atoms with Crippen LogP contribution in [0.15, 0.2) is 30.3 Å². The zero-order valence-corrected chi connectivity index (χ0v) is 15.2. The van der Waals surface area contributed by atoms with Gasteiger partial charge in [-0.05, 0) is 25.5 Å². The predicted octanol–water partition coefficient (Wildman–Crippen LogP) is 2.71. The summed E-state index contributed by atoms with van der Waals surface area (Å²) >= 11 is 0. The second kappa shape index (κ2) is 8.12. The van der Waals surface area contributed by atoms with Crippen LogP contribution in [0.5, 0.6) is 0 Å². The van der Waals surface area contributed by atoms with Gasteiger partial charge < -0.3 is 15.1 Å². The highest BCUT2D eigenvalue weighted by molar-refractivity contribution is 5.93. The molecular weight excluding hydrogens is 333 g/mol. The van der Waals surface area contributed by atoms with Crippen molar-refractivity contribution in [1.82, 2.24) is 14.9 Å². The summed E-state index contributed by atoms with van der Waals surface area (Å²) in [7, 11) is 0. The third kappa shape index (κ3) is 4.09. The fourth-order valence-electron chi connectivity index (χ4n) is 3.04. The maximum absolute atomic E-state index is 13.9. The van der Waals surface area contributed by atoms with Crippen molar-refractivity contribution in [2.24, 2.45) is 0 Å². The van der Waals surface area contributed by atoms with Gasteiger partial charge in [0.2, 0.25) is 0 Å². The van der Waals surface area contributed by atoms with Gasteiger partial charge in [-0.1, -0.05) is 19.1 Å². The Bertz CT molecular complexity index is 774. The van der Waals surface area contributed by atoms with E-state index in [1.807, 2.05) is 11.0 Å². The number of nitrogens with one attached hydrogen (secondary N) is 1. The molecule has 0 bridgehead atoms. The number of aryl methyl sites for hydroxylation is 1. The highest BCUT2D eigenvalue weighted by Gasteiger charge is 2.24. The van der Waals surface area contributed by atoms with E-state index < -0.39 is 0 Å². The predicted molar refractivity (Wildman–Crippen MR) is 100 cm³/mol. The van der Waals surface area contributed by atoms with E-state index in [0.717, 1.165) is 13.0 Å². The molecule has 1 aromatic heterocycles. The number of aromatic nitrogens is 2. The zero-order valence-electron chi connectivity index (χ0n) is 15.2. The number of hydrogen-bond acceptors (Lipinski definition) is 5. The molecule has 0 saturated carbocycles. The first-order chi connectivity index (χ1) is 12.6. The Hall–Kier alpha value is -2.70. The Balaban J connectivity index is 1.67. The van der Waals surface area contributed by atoms with E-state index >= 15 is 0 Å². The maximum Gasteiger partial charge on any atom is 0.272 e. The number of hydrogen-bond donors (Lipinski definition) is 1. The topological polar surface area (TPSA) is 61.4 Å². The fourth-order valence-corrected chi connectivity index (χ4v) is 3.04. The first-order valence-corrected chi connectivity index (χ1v) is 8.97. The van der Waals surface area contributed by atoms with E-state index in [0.29, 0.717) is 49.2 Å². The molecule has 1 aliphatic heterocycles. The monoisotopic (exact) mass is 357 g/mol. The number of amides is 1. The summed E-state index contributed by atoms with van der Waals surface area (Å²) in [6.07, 6.45) is 0.977. The van der Waals surface area contributed by atoms with Crippen LogP contribution in [0, 0.1) is 12.7 Å². The van der Waals surface area contributed by atoms with Crippen LogP contribution < -0.4 is 10.2 Å². The number of piperazine rings is 1. The highest BCUT2D eigenvalue weighted by Crippen LogP contribution is 2.21. The molecule has 1 aromatic carbocycles. The van der Waals surface area contributed by atoms with E-state index in [2.05, 4.69) is 22.2 Å². The molecule has 26 heavy (non-hydrogen) atoms. The third-order valence-electron chi connectivity index (χ3n) is 4.37. The number of carbonyl (C=O) groups is 1. The summed E-state index contributed by atoms with van der Waals surface area (Å²) in [5.41, 5.74) is 0.985. The Morgan fingerprint density at radius 3 is 2.62 bits per heavy atom. The number of benzene rings is 1. The number of carbonyl (C=O) groups excluding carboxylic acids is 1. The molecule has 6 nitrogen and oxygen atoms in total. The Morgan fingerprint density at radius 2 is 1.92 bits per heavy atom. The lowest BCUT2D eigenvalue weighted by Gasteiger charge is -2.36. The summed E-state index contributed by atoms with van der Waals surface area (Å²) in [6.45, 7) is 6.91. The average molecular weight is 357 g/mol. The minimum absolute atomic E-state index is 0.108. The highest BCUT2D eigenvalue weighted by atomic mass is 19.1. The smallest absolute Gasteiger partial charge is 0.272 e. The van der Waals surface area contributed by atoms with Gasteiger partial charge in [-0.2, -0.15) is 0 Å². The lowest BCUT2D eigenvalue weighted by Crippen LogP contribution is -2.49. The van der Waals surface area contributed by atoms with Gasteiger partial charge in [0.15, 0.2) is 0 Å². The van der Waals surface area contributed by atoms with Crippen molar-refractivity contribution in [2.75, 3.05) is 42.9 Å². The fraction of sp³-hybridized carbons (Fsp3) is 0.421. The van der Waals surface area contributed by atoms with Crippen LogP contribution in [0.4, 0.5) is 15.9 Å². The van der Waals surface area contributed by atoms with Crippen molar-refractivity contribution in [3.05, 3.63) is 47.7 Å². The Morgan fingerprint density at radius 1 is 1.19 bits per heavy atom. The van der Waals surface area contributed by atoms with Crippen LogP contribution in [-0.4, -0.2) is 53.5 Å². The minimum Gasteiger partial charge on any atom is -0.370 e. The summed E-state index contributed by atoms with van der Waals surface area (Å²) in [4.78, 5) is 25.2. The van der Waals surface area contributed by atoms with Crippen LogP contribution in [0.1, 0.15) is 29.7 Å². The van der Waals surface area contributed by atoms with Crippen molar-refractivity contribution in [2.45, 2.75) is 20.3 Å². The van der Waals surface area contributed by atoms with Gasteiger partial charge in [0.25, 0.3) is 5.91 Å². The van der Waals surface area contributed by atoms with Crippen LogP contribution >= 0.6 is 0 Å².